The molecule has 0 aliphatic carbocycles. The highest BCUT2D eigenvalue weighted by atomic mass is 79.9. The Labute approximate surface area is 159 Å². The molecule has 0 fully saturated rings. The summed E-state index contributed by atoms with van der Waals surface area (Å²) in [7, 11) is 0. The van der Waals surface area contributed by atoms with Gasteiger partial charge in [0.1, 0.15) is 17.2 Å². The van der Waals surface area contributed by atoms with Crippen molar-refractivity contribution in [2.45, 2.75) is 6.92 Å². The lowest BCUT2D eigenvalue weighted by molar-refractivity contribution is 1.15. The summed E-state index contributed by atoms with van der Waals surface area (Å²) in [6.07, 6.45) is 2.03. The lowest BCUT2D eigenvalue weighted by atomic mass is 10.1. The zero-order valence-electron chi connectivity index (χ0n) is 13.5. The number of aryl methyl sites for hydroxylation is 1. The molecule has 0 saturated carbocycles. The molecular weight excluding hydrogens is 398 g/mol. The molecule has 1 N–H and O–H groups in total. The van der Waals surface area contributed by atoms with Crippen molar-refractivity contribution in [1.82, 2.24) is 9.38 Å². The Morgan fingerprint density at radius 2 is 1.76 bits per heavy atom. The third-order valence-electron chi connectivity index (χ3n) is 4.07. The van der Waals surface area contributed by atoms with E-state index >= 15 is 0 Å². The van der Waals surface area contributed by atoms with Gasteiger partial charge in [-0.05, 0) is 52.7 Å². The second kappa shape index (κ2) is 6.54. The van der Waals surface area contributed by atoms with Crippen LogP contribution in [0.3, 0.4) is 0 Å². The van der Waals surface area contributed by atoms with Crippen molar-refractivity contribution >= 4 is 44.7 Å². The summed E-state index contributed by atoms with van der Waals surface area (Å²) in [6.45, 7) is 2.05. The Bertz CT molecular complexity index is 1060. The van der Waals surface area contributed by atoms with Crippen molar-refractivity contribution in [2.24, 2.45) is 0 Å². The average Bonchev–Trinajstić information content (AvgIpc) is 2.94. The molecule has 5 heteroatoms. The van der Waals surface area contributed by atoms with E-state index in [0.29, 0.717) is 5.02 Å². The van der Waals surface area contributed by atoms with Crippen molar-refractivity contribution in [1.29, 1.82) is 0 Å². The number of pyridine rings is 1. The molecule has 2 aromatic carbocycles. The highest BCUT2D eigenvalue weighted by Crippen LogP contribution is 2.36. The standard InChI is InChI=1S/C20H15BrClN3/c1-13-11-18-24-19(15-9-5-6-10-17(15)22)20(25(18)12-16(13)21)23-14-7-3-2-4-8-14/h2-12,23H,1H3. The first-order valence-corrected chi connectivity index (χ1v) is 9.06. The summed E-state index contributed by atoms with van der Waals surface area (Å²) in [4.78, 5) is 4.84. The smallest absolute Gasteiger partial charge is 0.143 e. The second-order valence-corrected chi connectivity index (χ2v) is 7.07. The molecule has 0 bridgehead atoms. The van der Waals surface area contributed by atoms with E-state index in [1.807, 2.05) is 65.2 Å². The number of para-hydroxylation sites is 1. The molecule has 0 radical (unpaired) electrons. The number of benzene rings is 2. The van der Waals surface area contributed by atoms with E-state index in [4.69, 9.17) is 16.6 Å². The van der Waals surface area contributed by atoms with E-state index < -0.39 is 0 Å². The van der Waals surface area contributed by atoms with Crippen LogP contribution in [0.2, 0.25) is 5.02 Å². The fourth-order valence-electron chi connectivity index (χ4n) is 2.78. The molecule has 124 valence electrons. The molecule has 25 heavy (non-hydrogen) atoms. The Kier molecular flexibility index (Phi) is 4.24. The van der Waals surface area contributed by atoms with Gasteiger partial charge in [0.2, 0.25) is 0 Å². The quantitative estimate of drug-likeness (QED) is 0.418. The summed E-state index contributed by atoms with van der Waals surface area (Å²) in [5.74, 6) is 0.884. The zero-order chi connectivity index (χ0) is 17.4. The number of fused-ring (bicyclic) bond motifs is 1. The Morgan fingerprint density at radius 3 is 2.52 bits per heavy atom. The van der Waals surface area contributed by atoms with Gasteiger partial charge in [0.15, 0.2) is 0 Å². The van der Waals surface area contributed by atoms with Crippen molar-refractivity contribution < 1.29 is 0 Å². The van der Waals surface area contributed by atoms with Crippen LogP contribution in [0.4, 0.5) is 11.5 Å². The van der Waals surface area contributed by atoms with Crippen LogP contribution < -0.4 is 5.32 Å². The topological polar surface area (TPSA) is 29.3 Å². The summed E-state index contributed by atoms with van der Waals surface area (Å²) in [5, 5.41) is 4.17. The Morgan fingerprint density at radius 1 is 1.04 bits per heavy atom. The molecule has 0 saturated heterocycles. The van der Waals surface area contributed by atoms with Crippen LogP contribution in [0.5, 0.6) is 0 Å². The monoisotopic (exact) mass is 411 g/mol. The van der Waals surface area contributed by atoms with Gasteiger partial charge in [0, 0.05) is 21.9 Å². The van der Waals surface area contributed by atoms with Crippen LogP contribution in [-0.2, 0) is 0 Å². The van der Waals surface area contributed by atoms with E-state index in [1.165, 1.54) is 0 Å². The molecule has 0 aliphatic heterocycles. The lowest BCUT2D eigenvalue weighted by Gasteiger charge is -2.10. The van der Waals surface area contributed by atoms with Crippen LogP contribution in [0.25, 0.3) is 16.9 Å². The molecule has 3 nitrogen and oxygen atoms in total. The molecule has 2 heterocycles. The molecule has 0 aliphatic rings. The lowest BCUT2D eigenvalue weighted by Crippen LogP contribution is -1.97. The number of imidazole rings is 1. The minimum atomic E-state index is 0.679. The van der Waals surface area contributed by atoms with Crippen molar-refractivity contribution in [3.8, 4) is 11.3 Å². The first-order valence-electron chi connectivity index (χ1n) is 7.88. The van der Waals surface area contributed by atoms with E-state index in [0.717, 1.165) is 38.4 Å². The van der Waals surface area contributed by atoms with Gasteiger partial charge < -0.3 is 5.32 Å². The molecule has 0 spiro atoms. The number of hydrogen-bond donors (Lipinski definition) is 1. The number of halogens is 2. The number of anilines is 2. The van der Waals surface area contributed by atoms with Gasteiger partial charge in [0.05, 0.1) is 5.02 Å². The fourth-order valence-corrected chi connectivity index (χ4v) is 3.32. The van der Waals surface area contributed by atoms with Crippen LogP contribution in [0.1, 0.15) is 5.56 Å². The first-order chi connectivity index (χ1) is 12.1. The number of rotatable bonds is 3. The summed E-state index contributed by atoms with van der Waals surface area (Å²) < 4.78 is 3.07. The van der Waals surface area contributed by atoms with Gasteiger partial charge in [0.25, 0.3) is 0 Å². The van der Waals surface area contributed by atoms with Crippen molar-refractivity contribution in [3.63, 3.8) is 0 Å². The van der Waals surface area contributed by atoms with Crippen molar-refractivity contribution in [3.05, 3.63) is 81.9 Å². The number of hydrogen-bond acceptors (Lipinski definition) is 2. The number of aromatic nitrogens is 2. The van der Waals surface area contributed by atoms with Crippen LogP contribution in [0.15, 0.2) is 71.3 Å². The molecule has 4 aromatic rings. The van der Waals surface area contributed by atoms with E-state index in [2.05, 4.69) is 34.2 Å². The number of nitrogens with one attached hydrogen (secondary N) is 1. The predicted octanol–water partition coefficient (Wildman–Crippen LogP) is 6.47. The minimum absolute atomic E-state index is 0.679. The number of nitrogens with zero attached hydrogens (tertiary/aromatic N) is 2. The largest absolute Gasteiger partial charge is 0.339 e. The van der Waals surface area contributed by atoms with Gasteiger partial charge in [-0.2, -0.15) is 0 Å². The molecule has 0 amide bonds. The van der Waals surface area contributed by atoms with Crippen LogP contribution >= 0.6 is 27.5 Å². The Balaban J connectivity index is 1.98. The minimum Gasteiger partial charge on any atom is -0.339 e. The van der Waals surface area contributed by atoms with Gasteiger partial charge >= 0.3 is 0 Å². The molecule has 2 aromatic heterocycles. The van der Waals surface area contributed by atoms with E-state index in [9.17, 15) is 0 Å². The first kappa shape index (κ1) is 16.2. The second-order valence-electron chi connectivity index (χ2n) is 5.81. The summed E-state index contributed by atoms with van der Waals surface area (Å²) >= 11 is 10.1. The fraction of sp³-hybridized carbons (Fsp3) is 0.0500. The average molecular weight is 413 g/mol. The van der Waals surface area contributed by atoms with Gasteiger partial charge in [-0.15, -0.1) is 0 Å². The molecule has 0 unspecified atom stereocenters. The maximum absolute atomic E-state index is 6.44. The van der Waals surface area contributed by atoms with Gasteiger partial charge in [-0.25, -0.2) is 4.98 Å². The molecular formula is C20H15BrClN3. The van der Waals surface area contributed by atoms with Crippen molar-refractivity contribution in [2.75, 3.05) is 5.32 Å². The zero-order valence-corrected chi connectivity index (χ0v) is 15.8. The SMILES string of the molecule is Cc1cc2nc(-c3ccccc3Cl)c(Nc3ccccc3)n2cc1Br. The third kappa shape index (κ3) is 3.03. The molecule has 4 rings (SSSR count). The Hall–Kier alpha value is -2.30. The normalized spacial score (nSPS) is 11.0. The third-order valence-corrected chi connectivity index (χ3v) is 5.23. The maximum atomic E-state index is 6.44. The van der Waals surface area contributed by atoms with Crippen LogP contribution in [-0.4, -0.2) is 9.38 Å². The summed E-state index contributed by atoms with van der Waals surface area (Å²) in [6, 6.07) is 19.9. The van der Waals surface area contributed by atoms with Gasteiger partial charge in [-0.1, -0.05) is 48.0 Å². The van der Waals surface area contributed by atoms with E-state index in [1.54, 1.807) is 0 Å². The van der Waals surface area contributed by atoms with Crippen LogP contribution in [0, 0.1) is 6.92 Å². The van der Waals surface area contributed by atoms with Gasteiger partial charge in [-0.3, -0.25) is 4.40 Å². The maximum Gasteiger partial charge on any atom is 0.143 e. The highest BCUT2D eigenvalue weighted by molar-refractivity contribution is 9.10. The highest BCUT2D eigenvalue weighted by Gasteiger charge is 2.17. The van der Waals surface area contributed by atoms with E-state index in [-0.39, 0.29) is 0 Å². The molecule has 0 atom stereocenters. The predicted molar refractivity (Wildman–Crippen MR) is 108 cm³/mol. The summed E-state index contributed by atoms with van der Waals surface area (Å²) in [5.41, 5.74) is 4.73.